The maximum Gasteiger partial charge on any atom is 0.236 e. The largest absolute Gasteiger partial charge is 0.311 e. The van der Waals surface area contributed by atoms with Crippen molar-refractivity contribution in [3.8, 4) is 22.3 Å². The third kappa shape index (κ3) is 3.04. The van der Waals surface area contributed by atoms with Crippen molar-refractivity contribution < 1.29 is 4.79 Å². The summed E-state index contributed by atoms with van der Waals surface area (Å²) in [7, 11) is 1.67. The lowest BCUT2D eigenvalue weighted by atomic mass is 9.98. The molecular weight excluding hydrogens is 326 g/mol. The first-order valence-corrected chi connectivity index (χ1v) is 7.56. The minimum absolute atomic E-state index is 0.408. The van der Waals surface area contributed by atoms with Crippen molar-refractivity contribution in [1.82, 2.24) is 20.2 Å². The van der Waals surface area contributed by atoms with Crippen molar-refractivity contribution in [2.45, 2.75) is 0 Å². The van der Waals surface area contributed by atoms with Crippen molar-refractivity contribution in [2.24, 2.45) is 5.10 Å². The first-order valence-electron chi connectivity index (χ1n) is 7.18. The van der Waals surface area contributed by atoms with E-state index in [4.69, 9.17) is 11.6 Å². The Morgan fingerprint density at radius 3 is 2.46 bits per heavy atom. The summed E-state index contributed by atoms with van der Waals surface area (Å²) in [5.74, 6) is 0. The number of carbonyl (C=O) groups excluding carboxylic acids is 1. The molecular formula is C17H14ClN5O. The normalized spacial score (nSPS) is 11.3. The number of carbonyl (C=O) groups is 1. The Kier molecular flexibility index (Phi) is 4.67. The van der Waals surface area contributed by atoms with E-state index in [-0.39, 0.29) is 0 Å². The van der Waals surface area contributed by atoms with Crippen LogP contribution in [0.4, 0.5) is 0 Å². The SMILES string of the molecule is CN/N=c1/c(-c2ccncc2)c(-c2ccc(Cl)cc2)cnn1C=O. The van der Waals surface area contributed by atoms with Crippen LogP contribution in [0.2, 0.25) is 5.02 Å². The molecule has 2 heterocycles. The lowest BCUT2D eigenvalue weighted by molar-refractivity contribution is 0.534. The Balaban J connectivity index is 2.38. The van der Waals surface area contributed by atoms with Crippen molar-refractivity contribution >= 4 is 18.0 Å². The van der Waals surface area contributed by atoms with Crippen LogP contribution < -0.4 is 10.9 Å². The van der Waals surface area contributed by atoms with Crippen LogP contribution in [0.25, 0.3) is 22.3 Å². The van der Waals surface area contributed by atoms with Gasteiger partial charge in [-0.3, -0.25) is 9.78 Å². The molecule has 0 radical (unpaired) electrons. The van der Waals surface area contributed by atoms with Gasteiger partial charge in [0.15, 0.2) is 5.49 Å². The molecule has 0 saturated carbocycles. The average Bonchev–Trinajstić information content (AvgIpc) is 2.63. The number of benzene rings is 1. The van der Waals surface area contributed by atoms with E-state index in [0.717, 1.165) is 22.3 Å². The van der Waals surface area contributed by atoms with Gasteiger partial charge in [-0.25, -0.2) is 0 Å². The monoisotopic (exact) mass is 339 g/mol. The van der Waals surface area contributed by atoms with E-state index in [2.05, 4.69) is 20.6 Å². The van der Waals surface area contributed by atoms with E-state index < -0.39 is 0 Å². The molecule has 3 rings (SSSR count). The van der Waals surface area contributed by atoms with Crippen LogP contribution >= 0.6 is 11.6 Å². The van der Waals surface area contributed by atoms with Gasteiger partial charge in [0, 0.05) is 35.6 Å². The number of pyridine rings is 1. The molecule has 0 amide bonds. The van der Waals surface area contributed by atoms with Crippen LogP contribution in [-0.2, 0) is 4.79 Å². The molecule has 7 heteroatoms. The van der Waals surface area contributed by atoms with Gasteiger partial charge in [0.05, 0.1) is 6.20 Å². The first-order chi connectivity index (χ1) is 11.7. The minimum Gasteiger partial charge on any atom is -0.311 e. The average molecular weight is 340 g/mol. The molecule has 0 saturated heterocycles. The van der Waals surface area contributed by atoms with Gasteiger partial charge >= 0.3 is 0 Å². The van der Waals surface area contributed by atoms with Crippen LogP contribution in [0, 0.1) is 0 Å². The van der Waals surface area contributed by atoms with Gasteiger partial charge in [-0.15, -0.1) is 0 Å². The fraction of sp³-hybridized carbons (Fsp3) is 0.0588. The molecule has 0 aliphatic rings. The van der Waals surface area contributed by atoms with Gasteiger partial charge in [0.25, 0.3) is 0 Å². The highest BCUT2D eigenvalue weighted by Gasteiger charge is 2.14. The molecule has 2 aromatic heterocycles. The second-order valence-electron chi connectivity index (χ2n) is 4.89. The smallest absolute Gasteiger partial charge is 0.236 e. The maximum atomic E-state index is 11.4. The summed E-state index contributed by atoms with van der Waals surface area (Å²) < 4.78 is 1.19. The lowest BCUT2D eigenvalue weighted by Gasteiger charge is -2.12. The van der Waals surface area contributed by atoms with Crippen molar-refractivity contribution in [3.05, 3.63) is 65.5 Å². The van der Waals surface area contributed by atoms with E-state index >= 15 is 0 Å². The minimum atomic E-state index is 0.408. The topological polar surface area (TPSA) is 72.2 Å². The quantitative estimate of drug-likeness (QED) is 0.585. The standard InChI is InChI=1S/C17H14ClN5O/c1-19-22-17-16(13-6-8-20-9-7-13)15(10-21-23(17)11-24)12-2-4-14(18)5-3-12/h2-11,19H,1H3/b22-17-. The van der Waals surface area contributed by atoms with Crippen LogP contribution in [-0.4, -0.2) is 28.2 Å². The number of aromatic nitrogens is 3. The van der Waals surface area contributed by atoms with Crippen molar-refractivity contribution in [2.75, 3.05) is 7.05 Å². The van der Waals surface area contributed by atoms with E-state index in [9.17, 15) is 4.79 Å². The molecule has 6 nitrogen and oxygen atoms in total. The van der Waals surface area contributed by atoms with Gasteiger partial charge in [0.1, 0.15) is 0 Å². The molecule has 120 valence electrons. The Hall–Kier alpha value is -2.99. The second-order valence-corrected chi connectivity index (χ2v) is 5.32. The molecule has 0 fully saturated rings. The highest BCUT2D eigenvalue weighted by Crippen LogP contribution is 2.29. The summed E-state index contributed by atoms with van der Waals surface area (Å²) in [5, 5.41) is 9.05. The highest BCUT2D eigenvalue weighted by molar-refractivity contribution is 6.30. The second kappa shape index (κ2) is 7.06. The summed E-state index contributed by atoms with van der Waals surface area (Å²) in [6, 6.07) is 11.1. The fourth-order valence-corrected chi connectivity index (χ4v) is 2.54. The Bertz CT molecular complexity index is 920. The first kappa shape index (κ1) is 15.9. The zero-order valence-corrected chi connectivity index (χ0v) is 13.6. The zero-order chi connectivity index (χ0) is 16.9. The summed E-state index contributed by atoms with van der Waals surface area (Å²) in [6.07, 6.45) is 5.64. The molecule has 0 aliphatic heterocycles. The van der Waals surface area contributed by atoms with Crippen LogP contribution in [0.1, 0.15) is 0 Å². The van der Waals surface area contributed by atoms with Crippen molar-refractivity contribution in [3.63, 3.8) is 0 Å². The Labute approximate surface area is 143 Å². The third-order valence-electron chi connectivity index (χ3n) is 3.46. The van der Waals surface area contributed by atoms with E-state index in [1.807, 2.05) is 36.4 Å². The number of nitrogens with zero attached hydrogens (tertiary/aromatic N) is 4. The van der Waals surface area contributed by atoms with Gasteiger partial charge in [0.2, 0.25) is 6.41 Å². The number of hydrogen-bond donors (Lipinski definition) is 1. The molecule has 0 spiro atoms. The molecule has 1 aromatic carbocycles. The van der Waals surface area contributed by atoms with Crippen LogP contribution in [0.15, 0.2) is 60.1 Å². The highest BCUT2D eigenvalue weighted by atomic mass is 35.5. The molecule has 3 aromatic rings. The van der Waals surface area contributed by atoms with E-state index in [1.54, 1.807) is 25.6 Å². The predicted octanol–water partition coefficient (Wildman–Crippen LogP) is 2.34. The molecule has 0 unspecified atom stereocenters. The lowest BCUT2D eigenvalue weighted by Crippen LogP contribution is -2.28. The third-order valence-corrected chi connectivity index (χ3v) is 3.71. The van der Waals surface area contributed by atoms with E-state index in [1.165, 1.54) is 4.68 Å². The van der Waals surface area contributed by atoms with Crippen LogP contribution in [0.5, 0.6) is 0 Å². The number of rotatable bonds is 4. The zero-order valence-electron chi connectivity index (χ0n) is 12.8. The predicted molar refractivity (Wildman–Crippen MR) is 92.7 cm³/mol. The molecule has 0 aliphatic carbocycles. The fourth-order valence-electron chi connectivity index (χ4n) is 2.42. The Morgan fingerprint density at radius 2 is 1.83 bits per heavy atom. The van der Waals surface area contributed by atoms with Crippen molar-refractivity contribution in [1.29, 1.82) is 0 Å². The molecule has 1 N–H and O–H groups in total. The summed E-state index contributed by atoms with van der Waals surface area (Å²) in [6.45, 7) is 0. The number of nitrogens with one attached hydrogen (secondary N) is 1. The summed E-state index contributed by atoms with van der Waals surface area (Å²) in [5.41, 5.74) is 6.54. The van der Waals surface area contributed by atoms with Crippen LogP contribution in [0.3, 0.4) is 0 Å². The number of halogens is 1. The number of hydrogen-bond acceptors (Lipinski definition) is 5. The molecule has 0 bridgehead atoms. The van der Waals surface area contributed by atoms with E-state index in [0.29, 0.717) is 16.9 Å². The summed E-state index contributed by atoms with van der Waals surface area (Å²) >= 11 is 5.98. The Morgan fingerprint density at radius 1 is 1.12 bits per heavy atom. The van der Waals surface area contributed by atoms with Gasteiger partial charge in [-0.1, -0.05) is 23.7 Å². The van der Waals surface area contributed by atoms with Gasteiger partial charge in [-0.2, -0.15) is 14.9 Å². The molecule has 0 atom stereocenters. The van der Waals surface area contributed by atoms with Gasteiger partial charge in [-0.05, 0) is 35.4 Å². The van der Waals surface area contributed by atoms with Gasteiger partial charge < -0.3 is 5.43 Å². The summed E-state index contributed by atoms with van der Waals surface area (Å²) in [4.78, 5) is 15.4. The molecule has 24 heavy (non-hydrogen) atoms. The maximum absolute atomic E-state index is 11.4.